The van der Waals surface area contributed by atoms with Crippen LogP contribution in [0, 0.1) is 16.0 Å². The van der Waals surface area contributed by atoms with Crippen molar-refractivity contribution >= 4 is 52.4 Å². The van der Waals surface area contributed by atoms with Gasteiger partial charge in [-0.2, -0.15) is 0 Å². The Morgan fingerprint density at radius 3 is 2.37 bits per heavy atom. The summed E-state index contributed by atoms with van der Waals surface area (Å²) in [7, 11) is 0. The van der Waals surface area contributed by atoms with Gasteiger partial charge in [-0.05, 0) is 31.9 Å². The molecule has 3 fully saturated rings. The molecule has 2 amide bonds. The molecule has 1 saturated carbocycles. The van der Waals surface area contributed by atoms with Gasteiger partial charge in [0.05, 0.1) is 10.7 Å². The number of halogens is 1. The Bertz CT molecular complexity index is 1200. The first-order chi connectivity index (χ1) is 18.3. The minimum absolute atomic E-state index is 0.00398. The van der Waals surface area contributed by atoms with Crippen LogP contribution in [0.3, 0.4) is 0 Å². The van der Waals surface area contributed by atoms with Crippen LogP contribution in [0.15, 0.2) is 35.5 Å². The molecule has 1 aliphatic carbocycles. The number of hydrogen-bond donors (Lipinski definition) is 0. The van der Waals surface area contributed by atoms with Crippen LogP contribution in [0.5, 0.6) is 0 Å². The predicted octanol–water partition coefficient (Wildman–Crippen LogP) is 2.93. The Kier molecular flexibility index (Phi) is 7.89. The molecule has 2 aliphatic heterocycles. The topological polar surface area (TPSA) is 116 Å². The van der Waals surface area contributed by atoms with Crippen LogP contribution in [0.4, 0.5) is 17.2 Å². The third-order valence-corrected chi connectivity index (χ3v) is 8.23. The highest BCUT2D eigenvalue weighted by molar-refractivity contribution is 7.99. The van der Waals surface area contributed by atoms with Gasteiger partial charge in [-0.1, -0.05) is 23.4 Å². The van der Waals surface area contributed by atoms with Crippen molar-refractivity contribution in [3.63, 3.8) is 0 Å². The molecule has 0 radical (unpaired) electrons. The quantitative estimate of drug-likeness (QED) is 0.166. The highest BCUT2D eigenvalue weighted by Gasteiger charge is 2.37. The molecule has 2 aromatic rings. The number of nitro benzene ring substituents is 1. The molecule has 0 bridgehead atoms. The predicted molar refractivity (Wildman–Crippen MR) is 146 cm³/mol. The first-order valence-electron chi connectivity index (χ1n) is 12.8. The zero-order valence-electron chi connectivity index (χ0n) is 21.2. The van der Waals surface area contributed by atoms with E-state index >= 15 is 0 Å². The molecule has 38 heavy (non-hydrogen) atoms. The fraction of sp³-hybridized carbons (Fsp3) is 0.520. The smallest absolute Gasteiger partial charge is 0.269 e. The largest absolute Gasteiger partial charge is 0.368 e. The van der Waals surface area contributed by atoms with Crippen LogP contribution >= 0.6 is 23.4 Å². The molecule has 13 heteroatoms. The van der Waals surface area contributed by atoms with Gasteiger partial charge in [-0.25, -0.2) is 9.97 Å². The minimum Gasteiger partial charge on any atom is -0.368 e. The summed E-state index contributed by atoms with van der Waals surface area (Å²) in [5.74, 6) is 1.40. The van der Waals surface area contributed by atoms with Crippen molar-refractivity contribution in [1.82, 2.24) is 19.8 Å². The van der Waals surface area contributed by atoms with Crippen LogP contribution in [0.1, 0.15) is 19.8 Å². The van der Waals surface area contributed by atoms with Gasteiger partial charge in [0.25, 0.3) is 5.69 Å². The Morgan fingerprint density at radius 1 is 1.05 bits per heavy atom. The van der Waals surface area contributed by atoms with E-state index in [0.717, 1.165) is 18.5 Å². The maximum absolute atomic E-state index is 12.9. The van der Waals surface area contributed by atoms with Gasteiger partial charge in [0, 0.05) is 81.7 Å². The number of non-ortho nitro benzene ring substituents is 1. The van der Waals surface area contributed by atoms with E-state index in [-0.39, 0.29) is 35.2 Å². The number of thioether (sulfide) groups is 1. The van der Waals surface area contributed by atoms with E-state index < -0.39 is 4.92 Å². The SMILES string of the molecule is CC1CN(c2cc(Cl)nc(SCC(=O)N3CCN(c4ccc([N+](=O)[O-])cc4)CC3)n2)CCN1C(=O)C1CC1. The Labute approximate surface area is 230 Å². The van der Waals surface area contributed by atoms with Gasteiger partial charge >= 0.3 is 0 Å². The van der Waals surface area contributed by atoms with Gasteiger partial charge in [0.15, 0.2) is 5.16 Å². The van der Waals surface area contributed by atoms with E-state index in [1.165, 1.54) is 23.9 Å². The first kappa shape index (κ1) is 26.5. The monoisotopic (exact) mass is 559 g/mol. The fourth-order valence-electron chi connectivity index (χ4n) is 4.89. The average molecular weight is 560 g/mol. The van der Waals surface area contributed by atoms with Crippen LogP contribution in [-0.2, 0) is 9.59 Å². The van der Waals surface area contributed by atoms with Crippen molar-refractivity contribution < 1.29 is 14.5 Å². The summed E-state index contributed by atoms with van der Waals surface area (Å²) < 4.78 is 0. The second-order valence-electron chi connectivity index (χ2n) is 9.86. The van der Waals surface area contributed by atoms with Crippen LogP contribution in [0.25, 0.3) is 0 Å². The molecule has 2 saturated heterocycles. The molecule has 5 rings (SSSR count). The van der Waals surface area contributed by atoms with Gasteiger partial charge in [-0.3, -0.25) is 19.7 Å². The molecule has 3 heterocycles. The fourth-order valence-corrected chi connectivity index (χ4v) is 5.87. The molecule has 0 spiro atoms. The van der Waals surface area contributed by atoms with Crippen molar-refractivity contribution in [3.05, 3.63) is 45.6 Å². The lowest BCUT2D eigenvalue weighted by molar-refractivity contribution is -0.384. The Hall–Kier alpha value is -3.12. The van der Waals surface area contributed by atoms with E-state index in [4.69, 9.17) is 11.6 Å². The van der Waals surface area contributed by atoms with Crippen LogP contribution < -0.4 is 9.80 Å². The number of carbonyl (C=O) groups excluding carboxylic acids is 2. The molecule has 1 aromatic carbocycles. The molecular formula is C25H30ClN7O4S. The van der Waals surface area contributed by atoms with Crippen molar-refractivity contribution in [1.29, 1.82) is 0 Å². The summed E-state index contributed by atoms with van der Waals surface area (Å²) in [5, 5.41) is 11.6. The number of benzene rings is 1. The number of rotatable bonds is 7. The number of carbonyl (C=O) groups is 2. The number of aromatic nitrogens is 2. The van der Waals surface area contributed by atoms with E-state index in [1.54, 1.807) is 18.2 Å². The van der Waals surface area contributed by atoms with E-state index in [2.05, 4.69) is 26.7 Å². The molecule has 1 atom stereocenters. The molecule has 1 unspecified atom stereocenters. The number of amides is 2. The average Bonchev–Trinajstić information content (AvgIpc) is 3.77. The van der Waals surface area contributed by atoms with Crippen molar-refractivity contribution in [2.75, 3.05) is 61.4 Å². The lowest BCUT2D eigenvalue weighted by atomic mass is 10.1. The zero-order valence-corrected chi connectivity index (χ0v) is 22.7. The Morgan fingerprint density at radius 2 is 1.74 bits per heavy atom. The third-order valence-electron chi connectivity index (χ3n) is 7.20. The second kappa shape index (κ2) is 11.3. The summed E-state index contributed by atoms with van der Waals surface area (Å²) in [5.41, 5.74) is 0.968. The summed E-state index contributed by atoms with van der Waals surface area (Å²) in [6, 6.07) is 8.30. The maximum Gasteiger partial charge on any atom is 0.269 e. The van der Waals surface area contributed by atoms with Crippen molar-refractivity contribution in [2.45, 2.75) is 31.0 Å². The van der Waals surface area contributed by atoms with Crippen LogP contribution in [-0.4, -0.2) is 94.1 Å². The summed E-state index contributed by atoms with van der Waals surface area (Å²) in [6.07, 6.45) is 2.00. The number of hydrogen-bond acceptors (Lipinski definition) is 9. The summed E-state index contributed by atoms with van der Waals surface area (Å²) >= 11 is 7.57. The number of nitro groups is 1. The van der Waals surface area contributed by atoms with E-state index in [9.17, 15) is 19.7 Å². The van der Waals surface area contributed by atoms with Gasteiger partial charge in [0.2, 0.25) is 11.8 Å². The van der Waals surface area contributed by atoms with E-state index in [0.29, 0.717) is 61.9 Å². The zero-order chi connectivity index (χ0) is 26.8. The molecule has 11 nitrogen and oxygen atoms in total. The maximum atomic E-state index is 12.9. The second-order valence-corrected chi connectivity index (χ2v) is 11.2. The number of piperazine rings is 2. The first-order valence-corrected chi connectivity index (χ1v) is 14.1. The molecule has 202 valence electrons. The molecule has 1 aromatic heterocycles. The highest BCUT2D eigenvalue weighted by atomic mass is 35.5. The van der Waals surface area contributed by atoms with Crippen LogP contribution in [0.2, 0.25) is 5.15 Å². The highest BCUT2D eigenvalue weighted by Crippen LogP contribution is 2.33. The van der Waals surface area contributed by atoms with Gasteiger partial charge in [-0.15, -0.1) is 0 Å². The molecule has 0 N–H and O–H groups in total. The summed E-state index contributed by atoms with van der Waals surface area (Å²) in [6.45, 7) is 6.51. The number of nitrogens with zero attached hydrogens (tertiary/aromatic N) is 7. The standard InChI is InChI=1S/C25H30ClN7O4S/c1-17-15-31(12-13-32(17)24(35)18-2-3-18)22-14-21(26)27-25(28-22)38-16-23(34)30-10-8-29(9-11-30)19-4-6-20(7-5-19)33(36)37/h4-7,14,17-18H,2-3,8-13,15-16H2,1H3. The van der Waals surface area contributed by atoms with E-state index in [1.807, 2.05) is 9.80 Å². The normalized spacial score (nSPS) is 20.0. The van der Waals surface area contributed by atoms with Gasteiger partial charge in [0.1, 0.15) is 11.0 Å². The van der Waals surface area contributed by atoms with Gasteiger partial charge < -0.3 is 19.6 Å². The van der Waals surface area contributed by atoms with Crippen molar-refractivity contribution in [3.8, 4) is 0 Å². The lowest BCUT2D eigenvalue weighted by Crippen LogP contribution is -2.54. The van der Waals surface area contributed by atoms with Crippen molar-refractivity contribution in [2.24, 2.45) is 5.92 Å². The lowest BCUT2D eigenvalue weighted by Gasteiger charge is -2.40. The third kappa shape index (κ3) is 6.12. The number of anilines is 2. The minimum atomic E-state index is -0.413. The Balaban J connectivity index is 1.12. The molecule has 3 aliphatic rings. The molecular weight excluding hydrogens is 530 g/mol. The summed E-state index contributed by atoms with van der Waals surface area (Å²) in [4.78, 5) is 52.9.